The number of halogens is 2. The van der Waals surface area contributed by atoms with Crippen molar-refractivity contribution in [2.75, 3.05) is 5.32 Å². The number of carbonyl (C=O) groups excluding carboxylic acids is 1. The maximum atomic E-state index is 12.0. The summed E-state index contributed by atoms with van der Waals surface area (Å²) >= 11 is 9.08. The molecule has 1 amide bonds. The maximum Gasteiger partial charge on any atom is 0.249 e. The van der Waals surface area contributed by atoms with E-state index in [2.05, 4.69) is 26.3 Å². The Morgan fingerprint density at radius 3 is 2.95 bits per heavy atom. The van der Waals surface area contributed by atoms with Gasteiger partial charge in [0.05, 0.1) is 16.4 Å². The highest BCUT2D eigenvalue weighted by Crippen LogP contribution is 2.27. The normalized spacial score (nSPS) is 12.2. The van der Waals surface area contributed by atoms with Crippen molar-refractivity contribution in [1.29, 1.82) is 0 Å². The number of nitrogens with zero attached hydrogens (tertiary/aromatic N) is 2. The molecule has 0 aliphatic carbocycles. The van der Waals surface area contributed by atoms with Gasteiger partial charge in [0.2, 0.25) is 5.91 Å². The van der Waals surface area contributed by atoms with Crippen molar-refractivity contribution < 1.29 is 9.90 Å². The summed E-state index contributed by atoms with van der Waals surface area (Å²) < 4.78 is 2.30. The van der Waals surface area contributed by atoms with Crippen LogP contribution >= 0.6 is 27.5 Å². The second-order valence-electron chi connectivity index (χ2n) is 3.97. The first kappa shape index (κ1) is 13.9. The molecule has 1 aromatic heterocycles. The SMILES string of the molecule is CC(C(=O)Nc1cc(Cl)ccc1O)n1cc(Br)cn1. The zero-order valence-corrected chi connectivity index (χ0v) is 12.3. The number of hydrogen-bond donors (Lipinski definition) is 2. The van der Waals surface area contributed by atoms with Crippen molar-refractivity contribution in [2.24, 2.45) is 0 Å². The highest BCUT2D eigenvalue weighted by Gasteiger charge is 2.17. The van der Waals surface area contributed by atoms with Crippen LogP contribution in [0.4, 0.5) is 5.69 Å². The molecule has 7 heteroatoms. The van der Waals surface area contributed by atoms with Gasteiger partial charge in [0.15, 0.2) is 0 Å². The van der Waals surface area contributed by atoms with Gasteiger partial charge in [-0.3, -0.25) is 9.48 Å². The predicted octanol–water partition coefficient (Wildman–Crippen LogP) is 3.20. The minimum absolute atomic E-state index is 0.0356. The minimum Gasteiger partial charge on any atom is -0.506 e. The molecule has 1 unspecified atom stereocenters. The van der Waals surface area contributed by atoms with Crippen LogP contribution in [0.15, 0.2) is 35.1 Å². The van der Waals surface area contributed by atoms with Crippen molar-refractivity contribution in [3.8, 4) is 5.75 Å². The van der Waals surface area contributed by atoms with Gasteiger partial charge in [0.1, 0.15) is 11.8 Å². The third kappa shape index (κ3) is 3.27. The fourth-order valence-corrected chi connectivity index (χ4v) is 1.97. The number of aromatic hydroxyl groups is 1. The molecule has 1 aromatic carbocycles. The van der Waals surface area contributed by atoms with Crippen LogP contribution < -0.4 is 5.32 Å². The van der Waals surface area contributed by atoms with Crippen LogP contribution in [-0.2, 0) is 4.79 Å². The average molecular weight is 345 g/mol. The third-order valence-electron chi connectivity index (χ3n) is 2.56. The van der Waals surface area contributed by atoms with Crippen molar-refractivity contribution in [2.45, 2.75) is 13.0 Å². The zero-order valence-electron chi connectivity index (χ0n) is 9.97. The van der Waals surface area contributed by atoms with E-state index in [9.17, 15) is 9.90 Å². The van der Waals surface area contributed by atoms with Gasteiger partial charge in [-0.05, 0) is 41.1 Å². The number of anilines is 1. The molecule has 0 fully saturated rings. The molecule has 0 spiro atoms. The lowest BCUT2D eigenvalue weighted by Gasteiger charge is -2.13. The molecular formula is C12H11BrClN3O2. The molecular weight excluding hydrogens is 334 g/mol. The highest BCUT2D eigenvalue weighted by atomic mass is 79.9. The van der Waals surface area contributed by atoms with Gasteiger partial charge in [0.25, 0.3) is 0 Å². The number of hydrogen-bond acceptors (Lipinski definition) is 3. The van der Waals surface area contributed by atoms with Crippen LogP contribution in [0, 0.1) is 0 Å². The van der Waals surface area contributed by atoms with E-state index in [0.717, 1.165) is 4.47 Å². The Balaban J connectivity index is 2.14. The monoisotopic (exact) mass is 343 g/mol. The van der Waals surface area contributed by atoms with E-state index in [1.165, 1.54) is 16.8 Å². The molecule has 0 bridgehead atoms. The van der Waals surface area contributed by atoms with E-state index in [1.54, 1.807) is 25.4 Å². The fraction of sp³-hybridized carbons (Fsp3) is 0.167. The van der Waals surface area contributed by atoms with Crippen LogP contribution in [0.5, 0.6) is 5.75 Å². The van der Waals surface area contributed by atoms with Crippen LogP contribution in [0.25, 0.3) is 0 Å². The lowest BCUT2D eigenvalue weighted by Crippen LogP contribution is -2.24. The zero-order chi connectivity index (χ0) is 14.0. The predicted molar refractivity (Wildman–Crippen MR) is 76.4 cm³/mol. The summed E-state index contributed by atoms with van der Waals surface area (Å²) in [4.78, 5) is 12.0. The molecule has 0 aliphatic rings. The van der Waals surface area contributed by atoms with Crippen molar-refractivity contribution in [1.82, 2.24) is 9.78 Å². The van der Waals surface area contributed by atoms with E-state index < -0.39 is 6.04 Å². The number of carbonyl (C=O) groups is 1. The second kappa shape index (κ2) is 5.63. The number of rotatable bonds is 3. The third-order valence-corrected chi connectivity index (χ3v) is 3.21. The summed E-state index contributed by atoms with van der Waals surface area (Å²) in [5.74, 6) is -0.334. The number of phenols is 1. The topological polar surface area (TPSA) is 67.2 Å². The number of aromatic nitrogens is 2. The van der Waals surface area contributed by atoms with Gasteiger partial charge in [-0.25, -0.2) is 0 Å². The van der Waals surface area contributed by atoms with Gasteiger partial charge in [-0.2, -0.15) is 5.10 Å². The Kier molecular flexibility index (Phi) is 4.11. The van der Waals surface area contributed by atoms with Crippen molar-refractivity contribution >= 4 is 39.1 Å². The molecule has 1 heterocycles. The Bertz CT molecular complexity index is 615. The lowest BCUT2D eigenvalue weighted by atomic mass is 10.2. The summed E-state index contributed by atoms with van der Waals surface area (Å²) in [7, 11) is 0. The summed E-state index contributed by atoms with van der Waals surface area (Å²) in [6, 6.07) is 3.94. The second-order valence-corrected chi connectivity index (χ2v) is 5.32. The summed E-state index contributed by atoms with van der Waals surface area (Å²) in [5, 5.41) is 16.7. The Morgan fingerprint density at radius 1 is 1.58 bits per heavy atom. The Hall–Kier alpha value is -1.53. The molecule has 2 aromatic rings. The van der Waals surface area contributed by atoms with Gasteiger partial charge in [-0.1, -0.05) is 11.6 Å². The van der Waals surface area contributed by atoms with Crippen molar-refractivity contribution in [3.05, 3.63) is 40.1 Å². The van der Waals surface area contributed by atoms with Crippen LogP contribution in [0.1, 0.15) is 13.0 Å². The highest BCUT2D eigenvalue weighted by molar-refractivity contribution is 9.10. The minimum atomic E-state index is -0.510. The van der Waals surface area contributed by atoms with Crippen LogP contribution in [0.2, 0.25) is 5.02 Å². The van der Waals surface area contributed by atoms with Crippen LogP contribution in [-0.4, -0.2) is 20.8 Å². The molecule has 19 heavy (non-hydrogen) atoms. The van der Waals surface area contributed by atoms with E-state index >= 15 is 0 Å². The van der Waals surface area contributed by atoms with E-state index in [1.807, 2.05) is 0 Å². The van der Waals surface area contributed by atoms with Crippen molar-refractivity contribution in [3.63, 3.8) is 0 Å². The summed E-state index contributed by atoms with van der Waals surface area (Å²) in [6.07, 6.45) is 3.29. The maximum absolute atomic E-state index is 12.0. The van der Waals surface area contributed by atoms with Gasteiger partial charge in [-0.15, -0.1) is 0 Å². The number of nitrogens with one attached hydrogen (secondary N) is 1. The Morgan fingerprint density at radius 2 is 2.32 bits per heavy atom. The summed E-state index contributed by atoms with van der Waals surface area (Å²) in [6.45, 7) is 1.70. The molecule has 1 atom stereocenters. The fourth-order valence-electron chi connectivity index (χ4n) is 1.49. The first-order valence-corrected chi connectivity index (χ1v) is 6.63. The quantitative estimate of drug-likeness (QED) is 0.840. The van der Waals surface area contributed by atoms with E-state index in [0.29, 0.717) is 5.02 Å². The molecule has 0 saturated heterocycles. The van der Waals surface area contributed by atoms with E-state index in [-0.39, 0.29) is 17.3 Å². The largest absolute Gasteiger partial charge is 0.506 e. The average Bonchev–Trinajstić information content (AvgIpc) is 2.79. The molecule has 5 nitrogen and oxygen atoms in total. The first-order chi connectivity index (χ1) is 8.97. The molecule has 2 N–H and O–H groups in total. The summed E-state index contributed by atoms with van der Waals surface area (Å²) in [5.41, 5.74) is 0.274. The number of phenolic OH excluding ortho intramolecular Hbond substituents is 1. The molecule has 2 rings (SSSR count). The smallest absolute Gasteiger partial charge is 0.249 e. The van der Waals surface area contributed by atoms with Gasteiger partial charge in [0, 0.05) is 11.2 Å². The lowest BCUT2D eigenvalue weighted by molar-refractivity contribution is -0.119. The standard InChI is InChI=1S/C12H11BrClN3O2/c1-7(17-6-8(13)5-15-17)12(19)16-10-4-9(14)2-3-11(10)18/h2-7,18H,1H3,(H,16,19). The number of amides is 1. The van der Waals surface area contributed by atoms with E-state index in [4.69, 9.17) is 11.6 Å². The first-order valence-electron chi connectivity index (χ1n) is 5.46. The Labute approximate surface area is 123 Å². The van der Waals surface area contributed by atoms with Crippen LogP contribution in [0.3, 0.4) is 0 Å². The van der Waals surface area contributed by atoms with Gasteiger partial charge < -0.3 is 10.4 Å². The molecule has 0 radical (unpaired) electrons. The van der Waals surface area contributed by atoms with Gasteiger partial charge >= 0.3 is 0 Å². The molecule has 100 valence electrons. The molecule has 0 saturated carbocycles. The number of benzene rings is 1. The molecule has 0 aliphatic heterocycles.